The third-order valence-corrected chi connectivity index (χ3v) is 4.13. The van der Waals surface area contributed by atoms with E-state index >= 15 is 0 Å². The first-order valence-electron chi connectivity index (χ1n) is 8.04. The van der Waals surface area contributed by atoms with Gasteiger partial charge in [0.05, 0.1) is 5.69 Å². The number of nitrogens with zero attached hydrogens (tertiary/aromatic N) is 2. The summed E-state index contributed by atoms with van der Waals surface area (Å²) in [6.45, 7) is 0. The monoisotopic (exact) mass is 356 g/mol. The number of para-hydroxylation sites is 1. The summed E-state index contributed by atoms with van der Waals surface area (Å²) in [5.74, 6) is -0.746. The van der Waals surface area contributed by atoms with Crippen molar-refractivity contribution < 1.29 is 9.90 Å². The number of aryl methyl sites for hydroxylation is 1. The van der Waals surface area contributed by atoms with Gasteiger partial charge in [0, 0.05) is 47.9 Å². The van der Waals surface area contributed by atoms with E-state index in [4.69, 9.17) is 5.11 Å². The second-order valence-corrected chi connectivity index (χ2v) is 5.77. The number of aliphatic carboxylic acids is 1. The van der Waals surface area contributed by atoms with Crippen LogP contribution in [0.4, 0.5) is 0 Å². The fourth-order valence-corrected chi connectivity index (χ4v) is 3.02. The van der Waals surface area contributed by atoms with Gasteiger partial charge in [-0.1, -0.05) is 30.4 Å². The molecule has 0 aliphatic rings. The molecular formula is C20H21ClN2O2. The Morgan fingerprint density at radius 2 is 2.04 bits per heavy atom. The highest BCUT2D eigenvalue weighted by atomic mass is 35.5. The smallest absolute Gasteiger partial charge is 0.303 e. The van der Waals surface area contributed by atoms with Crippen molar-refractivity contribution in [2.45, 2.75) is 19.3 Å². The Morgan fingerprint density at radius 1 is 1.24 bits per heavy atom. The number of fused-ring (bicyclic) bond motifs is 1. The van der Waals surface area contributed by atoms with Crippen molar-refractivity contribution in [3.8, 4) is 11.3 Å². The van der Waals surface area contributed by atoms with Crippen LogP contribution in [0.2, 0.25) is 0 Å². The van der Waals surface area contributed by atoms with Gasteiger partial charge < -0.3 is 9.67 Å². The van der Waals surface area contributed by atoms with E-state index in [1.165, 1.54) is 10.9 Å². The molecule has 0 unspecified atom stereocenters. The Bertz CT molecular complexity index is 885. The molecule has 0 bridgehead atoms. The molecule has 1 N–H and O–H groups in total. The molecule has 2 aromatic heterocycles. The molecule has 1 aromatic carbocycles. The maximum absolute atomic E-state index is 10.6. The highest BCUT2D eigenvalue weighted by Crippen LogP contribution is 2.33. The molecule has 5 heteroatoms. The summed E-state index contributed by atoms with van der Waals surface area (Å²) in [6, 6.07) is 12.3. The van der Waals surface area contributed by atoms with E-state index in [9.17, 15) is 4.79 Å². The van der Waals surface area contributed by atoms with Gasteiger partial charge in [-0.3, -0.25) is 9.78 Å². The predicted molar refractivity (Wildman–Crippen MR) is 104 cm³/mol. The van der Waals surface area contributed by atoms with Crippen molar-refractivity contribution in [3.63, 3.8) is 0 Å². The fraction of sp³-hybridized carbons (Fsp3) is 0.200. The number of rotatable bonds is 6. The van der Waals surface area contributed by atoms with Gasteiger partial charge in [-0.15, -0.1) is 12.4 Å². The van der Waals surface area contributed by atoms with Gasteiger partial charge in [0.1, 0.15) is 0 Å². The van der Waals surface area contributed by atoms with Crippen LogP contribution in [0, 0.1) is 0 Å². The Morgan fingerprint density at radius 3 is 2.76 bits per heavy atom. The highest BCUT2D eigenvalue weighted by Gasteiger charge is 2.14. The van der Waals surface area contributed by atoms with E-state index in [0.29, 0.717) is 6.42 Å². The normalized spacial score (nSPS) is 10.9. The van der Waals surface area contributed by atoms with Gasteiger partial charge in [0.25, 0.3) is 0 Å². The van der Waals surface area contributed by atoms with Crippen LogP contribution < -0.4 is 0 Å². The summed E-state index contributed by atoms with van der Waals surface area (Å²) < 4.78 is 2.18. The van der Waals surface area contributed by atoms with E-state index in [2.05, 4.69) is 46.9 Å². The third-order valence-electron chi connectivity index (χ3n) is 4.13. The first-order valence-corrected chi connectivity index (χ1v) is 8.04. The third kappa shape index (κ3) is 4.09. The van der Waals surface area contributed by atoms with Crippen molar-refractivity contribution in [1.29, 1.82) is 0 Å². The van der Waals surface area contributed by atoms with Crippen molar-refractivity contribution in [3.05, 3.63) is 60.4 Å². The summed E-state index contributed by atoms with van der Waals surface area (Å²) in [6.07, 6.45) is 9.41. The largest absolute Gasteiger partial charge is 0.481 e. The average molecular weight is 357 g/mol. The van der Waals surface area contributed by atoms with Gasteiger partial charge in [0.2, 0.25) is 0 Å². The van der Waals surface area contributed by atoms with Crippen LogP contribution in [0.5, 0.6) is 0 Å². The zero-order valence-electron chi connectivity index (χ0n) is 14.1. The minimum atomic E-state index is -0.746. The van der Waals surface area contributed by atoms with Gasteiger partial charge in [-0.25, -0.2) is 0 Å². The number of unbranched alkanes of at least 4 members (excludes halogenated alkanes) is 1. The maximum atomic E-state index is 10.6. The van der Waals surface area contributed by atoms with Crippen LogP contribution in [0.1, 0.15) is 24.8 Å². The van der Waals surface area contributed by atoms with Crippen LogP contribution in [0.3, 0.4) is 0 Å². The lowest BCUT2D eigenvalue weighted by molar-refractivity contribution is -0.137. The summed E-state index contributed by atoms with van der Waals surface area (Å²) in [4.78, 5) is 14.9. The van der Waals surface area contributed by atoms with E-state index in [0.717, 1.165) is 23.2 Å². The lowest BCUT2D eigenvalue weighted by Gasteiger charge is -2.05. The molecule has 0 saturated carbocycles. The highest BCUT2D eigenvalue weighted by molar-refractivity contribution is 5.97. The van der Waals surface area contributed by atoms with Crippen LogP contribution in [0.15, 0.2) is 54.9 Å². The number of hydrogen-bond donors (Lipinski definition) is 1. The number of carbonyl (C=O) groups is 1. The number of carboxylic acid groups (broad SMARTS) is 1. The molecule has 0 amide bonds. The number of aromatic nitrogens is 2. The lowest BCUT2D eigenvalue weighted by atomic mass is 10.1. The Kier molecular flexibility index (Phi) is 6.37. The number of allylic oxidation sites excluding steroid dienone is 1. The summed E-state index contributed by atoms with van der Waals surface area (Å²) in [7, 11) is 2.06. The van der Waals surface area contributed by atoms with Crippen LogP contribution in [0.25, 0.3) is 28.2 Å². The molecule has 0 spiro atoms. The van der Waals surface area contributed by atoms with Crippen LogP contribution in [-0.4, -0.2) is 20.6 Å². The molecule has 25 heavy (non-hydrogen) atoms. The Balaban J connectivity index is 0.00000225. The van der Waals surface area contributed by atoms with Crippen molar-refractivity contribution in [1.82, 2.24) is 9.55 Å². The number of benzene rings is 1. The molecule has 0 saturated heterocycles. The molecule has 4 nitrogen and oxygen atoms in total. The standard InChI is InChI=1S/C20H20N2O2.ClH/c1-22-18-11-6-5-9-16(18)17(10-3-2-4-12-19(23)24)20(22)15-8-7-13-21-14-15;/h3,5-11,13-14H,2,4,12H2,1H3,(H,23,24);1H/b10-3+;. The Hall–Kier alpha value is -2.59. The lowest BCUT2D eigenvalue weighted by Crippen LogP contribution is -1.93. The van der Waals surface area contributed by atoms with Crippen molar-refractivity contribution >= 4 is 35.4 Å². The number of carboxylic acids is 1. The minimum absolute atomic E-state index is 0. The molecule has 0 atom stereocenters. The van der Waals surface area contributed by atoms with E-state index in [1.807, 2.05) is 24.4 Å². The van der Waals surface area contributed by atoms with Gasteiger partial charge in [-0.05, 0) is 31.0 Å². The van der Waals surface area contributed by atoms with Crippen molar-refractivity contribution in [2.75, 3.05) is 0 Å². The molecule has 0 aliphatic carbocycles. The quantitative estimate of drug-likeness (QED) is 0.637. The van der Waals surface area contributed by atoms with Crippen LogP contribution >= 0.6 is 12.4 Å². The molecule has 130 valence electrons. The second kappa shape index (κ2) is 8.49. The van der Waals surface area contributed by atoms with E-state index < -0.39 is 5.97 Å². The topological polar surface area (TPSA) is 55.1 Å². The summed E-state index contributed by atoms with van der Waals surface area (Å²) in [5.41, 5.74) is 4.51. The molecule has 0 fully saturated rings. The molecular weight excluding hydrogens is 336 g/mol. The molecule has 0 aliphatic heterocycles. The van der Waals surface area contributed by atoms with E-state index in [1.54, 1.807) is 6.20 Å². The van der Waals surface area contributed by atoms with E-state index in [-0.39, 0.29) is 18.8 Å². The predicted octanol–water partition coefficient (Wildman–Crippen LogP) is 4.93. The summed E-state index contributed by atoms with van der Waals surface area (Å²) >= 11 is 0. The zero-order chi connectivity index (χ0) is 16.9. The summed E-state index contributed by atoms with van der Waals surface area (Å²) in [5, 5.41) is 9.92. The van der Waals surface area contributed by atoms with Crippen molar-refractivity contribution in [2.24, 2.45) is 7.05 Å². The first kappa shape index (κ1) is 18.7. The van der Waals surface area contributed by atoms with Gasteiger partial charge in [0.15, 0.2) is 0 Å². The van der Waals surface area contributed by atoms with Crippen LogP contribution in [-0.2, 0) is 11.8 Å². The zero-order valence-corrected chi connectivity index (χ0v) is 14.9. The SMILES string of the molecule is Cl.Cn1c(-c2cccnc2)c(/C=C/CCCC(=O)O)c2ccccc21. The molecule has 0 radical (unpaired) electrons. The fourth-order valence-electron chi connectivity index (χ4n) is 3.02. The number of halogens is 1. The molecule has 3 aromatic rings. The van der Waals surface area contributed by atoms with Gasteiger partial charge in [-0.2, -0.15) is 0 Å². The maximum Gasteiger partial charge on any atom is 0.303 e. The Labute approximate surface area is 153 Å². The van der Waals surface area contributed by atoms with Gasteiger partial charge >= 0.3 is 5.97 Å². The molecule has 2 heterocycles. The molecule has 3 rings (SSSR count). The number of pyridine rings is 1. The minimum Gasteiger partial charge on any atom is -0.481 e. The average Bonchev–Trinajstić information content (AvgIpc) is 2.88. The number of hydrogen-bond acceptors (Lipinski definition) is 2. The first-order chi connectivity index (χ1) is 11.7. The second-order valence-electron chi connectivity index (χ2n) is 5.77.